The number of aromatic nitrogens is 2. The third-order valence-corrected chi connectivity index (χ3v) is 6.33. The Morgan fingerprint density at radius 3 is 2.61 bits per heavy atom. The largest absolute Gasteiger partial charge is 0.394 e. The van der Waals surface area contributed by atoms with Gasteiger partial charge in [-0.3, -0.25) is 14.8 Å². The Hall–Kier alpha value is -4.40. The Balaban J connectivity index is 1.47. The zero-order chi connectivity index (χ0) is 25.7. The van der Waals surface area contributed by atoms with E-state index in [0.29, 0.717) is 48.8 Å². The van der Waals surface area contributed by atoms with Gasteiger partial charge in [-0.05, 0) is 66.5 Å². The molecule has 36 heavy (non-hydrogen) atoms. The van der Waals surface area contributed by atoms with Gasteiger partial charge in [-0.25, -0.2) is 4.39 Å². The van der Waals surface area contributed by atoms with Gasteiger partial charge in [0.05, 0.1) is 17.6 Å². The second-order valence-electron chi connectivity index (χ2n) is 8.69. The molecule has 6 N–H and O–H groups in total. The number of benzene rings is 1. The van der Waals surface area contributed by atoms with Crippen molar-refractivity contribution in [2.75, 3.05) is 11.9 Å². The van der Waals surface area contributed by atoms with Crippen LogP contribution in [0.3, 0.4) is 0 Å². The van der Waals surface area contributed by atoms with Gasteiger partial charge in [0.15, 0.2) is 0 Å². The maximum Gasteiger partial charge on any atom is 0.267 e. The highest BCUT2D eigenvalue weighted by atomic mass is 19.1. The third-order valence-electron chi connectivity index (χ3n) is 6.33. The minimum Gasteiger partial charge on any atom is -0.394 e. The van der Waals surface area contributed by atoms with Crippen molar-refractivity contribution >= 4 is 17.3 Å². The summed E-state index contributed by atoms with van der Waals surface area (Å²) in [5, 5.41) is 5.91. The van der Waals surface area contributed by atoms with Crippen molar-refractivity contribution in [3.05, 3.63) is 106 Å². The second-order valence-corrected chi connectivity index (χ2v) is 8.69. The van der Waals surface area contributed by atoms with Crippen molar-refractivity contribution in [1.29, 1.82) is 0 Å². The molecule has 1 aromatic carbocycles. The molecular formula is C27H30FN7O. The summed E-state index contributed by atoms with van der Waals surface area (Å²) in [6.45, 7) is 5.23. The van der Waals surface area contributed by atoms with E-state index in [9.17, 15) is 9.18 Å². The maximum absolute atomic E-state index is 14.0. The maximum atomic E-state index is 14.0. The molecule has 0 spiro atoms. The molecule has 0 radical (unpaired) electrons. The lowest BCUT2D eigenvalue weighted by molar-refractivity contribution is -0.117. The van der Waals surface area contributed by atoms with Gasteiger partial charge >= 0.3 is 0 Å². The third kappa shape index (κ3) is 5.63. The number of para-hydroxylation sites is 1. The predicted octanol–water partition coefficient (Wildman–Crippen LogP) is 3.46. The molecule has 0 saturated heterocycles. The Labute approximate surface area is 209 Å². The molecule has 186 valence electrons. The number of fused-ring (bicyclic) bond motifs is 1. The number of anilines is 2. The van der Waals surface area contributed by atoms with Crippen LogP contribution in [-0.2, 0) is 24.3 Å². The Morgan fingerprint density at radius 1 is 1.11 bits per heavy atom. The number of halogens is 1. The number of rotatable bonds is 7. The zero-order valence-corrected chi connectivity index (χ0v) is 20.4. The lowest BCUT2D eigenvalue weighted by atomic mass is 10.0. The van der Waals surface area contributed by atoms with Gasteiger partial charge in [0.1, 0.15) is 17.3 Å². The van der Waals surface area contributed by atoms with Crippen LogP contribution in [0.5, 0.6) is 0 Å². The fourth-order valence-electron chi connectivity index (χ4n) is 4.00. The van der Waals surface area contributed by atoms with Crippen molar-refractivity contribution in [1.82, 2.24) is 20.2 Å². The van der Waals surface area contributed by atoms with E-state index in [2.05, 4.69) is 20.6 Å². The highest BCUT2D eigenvalue weighted by Crippen LogP contribution is 2.26. The number of allylic oxidation sites excluding steroid dienone is 2. The molecule has 0 fully saturated rings. The van der Waals surface area contributed by atoms with Gasteiger partial charge in [0.2, 0.25) is 0 Å². The van der Waals surface area contributed by atoms with Crippen LogP contribution < -0.4 is 22.1 Å². The molecule has 4 rings (SSSR count). The molecule has 1 aliphatic heterocycles. The van der Waals surface area contributed by atoms with Crippen molar-refractivity contribution in [2.24, 2.45) is 11.5 Å². The van der Waals surface area contributed by atoms with Crippen molar-refractivity contribution in [3.8, 4) is 0 Å². The van der Waals surface area contributed by atoms with E-state index in [1.807, 2.05) is 30.0 Å². The molecule has 3 heterocycles. The molecule has 9 heteroatoms. The molecule has 0 atom stereocenters. The fraction of sp³-hybridized carbons (Fsp3) is 0.222. The van der Waals surface area contributed by atoms with E-state index in [1.54, 1.807) is 43.7 Å². The molecule has 0 unspecified atom stereocenters. The normalized spacial score (nSPS) is 14.4. The van der Waals surface area contributed by atoms with Crippen LogP contribution in [0.1, 0.15) is 30.7 Å². The minimum atomic E-state index is -0.353. The van der Waals surface area contributed by atoms with Crippen molar-refractivity contribution in [3.63, 3.8) is 0 Å². The number of pyridine rings is 2. The number of amides is 1. The molecule has 1 amide bonds. The molecule has 2 aromatic heterocycles. The molecule has 0 bridgehead atoms. The fourth-order valence-corrected chi connectivity index (χ4v) is 4.00. The van der Waals surface area contributed by atoms with Crippen LogP contribution in [0, 0.1) is 5.82 Å². The smallest absolute Gasteiger partial charge is 0.267 e. The first-order valence-electron chi connectivity index (χ1n) is 11.7. The van der Waals surface area contributed by atoms with E-state index in [-0.39, 0.29) is 17.4 Å². The summed E-state index contributed by atoms with van der Waals surface area (Å²) in [6.07, 6.45) is 5.77. The van der Waals surface area contributed by atoms with Crippen LogP contribution in [0.25, 0.3) is 0 Å². The average Bonchev–Trinajstić information content (AvgIpc) is 2.91. The van der Waals surface area contributed by atoms with Gasteiger partial charge in [0, 0.05) is 44.1 Å². The van der Waals surface area contributed by atoms with Gasteiger partial charge in [0.25, 0.3) is 5.91 Å². The summed E-state index contributed by atoms with van der Waals surface area (Å²) < 4.78 is 14.0. The average molecular weight is 488 g/mol. The van der Waals surface area contributed by atoms with Crippen LogP contribution in [0.4, 0.5) is 15.8 Å². The second kappa shape index (κ2) is 10.9. The SMILES string of the molecule is CC(=C(/N)C(=O)NCc1ccncc1)/C(C)=C(\N)N1CCc2ncc(Nc3ccccc3F)cc2C1. The van der Waals surface area contributed by atoms with Crippen LogP contribution >= 0.6 is 0 Å². The quantitative estimate of drug-likeness (QED) is 0.297. The number of nitrogens with one attached hydrogen (secondary N) is 2. The molecule has 3 aromatic rings. The van der Waals surface area contributed by atoms with Gasteiger partial charge < -0.3 is 27.0 Å². The lowest BCUT2D eigenvalue weighted by Gasteiger charge is -2.32. The Morgan fingerprint density at radius 2 is 1.86 bits per heavy atom. The molecule has 0 aliphatic carbocycles. The van der Waals surface area contributed by atoms with Crippen molar-refractivity contribution < 1.29 is 9.18 Å². The Bertz CT molecular complexity index is 1320. The summed E-state index contributed by atoms with van der Waals surface area (Å²) >= 11 is 0. The van der Waals surface area contributed by atoms with E-state index in [0.717, 1.165) is 22.4 Å². The first kappa shape index (κ1) is 24.7. The monoisotopic (exact) mass is 487 g/mol. The van der Waals surface area contributed by atoms with E-state index in [4.69, 9.17) is 11.5 Å². The van der Waals surface area contributed by atoms with Gasteiger partial charge in [-0.2, -0.15) is 0 Å². The minimum absolute atomic E-state index is 0.125. The first-order valence-corrected chi connectivity index (χ1v) is 11.7. The summed E-state index contributed by atoms with van der Waals surface area (Å²) in [5.41, 5.74) is 18.2. The number of carbonyl (C=O) groups excluding carboxylic acids is 1. The summed E-state index contributed by atoms with van der Waals surface area (Å²) in [4.78, 5) is 23.2. The summed E-state index contributed by atoms with van der Waals surface area (Å²) in [7, 11) is 0. The highest BCUT2D eigenvalue weighted by Gasteiger charge is 2.21. The number of hydrogen-bond acceptors (Lipinski definition) is 7. The van der Waals surface area contributed by atoms with Crippen molar-refractivity contribution in [2.45, 2.75) is 33.4 Å². The van der Waals surface area contributed by atoms with E-state index < -0.39 is 0 Å². The Kier molecular flexibility index (Phi) is 7.48. The van der Waals surface area contributed by atoms with E-state index in [1.165, 1.54) is 6.07 Å². The van der Waals surface area contributed by atoms with Crippen LogP contribution in [0.2, 0.25) is 0 Å². The van der Waals surface area contributed by atoms with Crippen LogP contribution in [0.15, 0.2) is 83.7 Å². The lowest BCUT2D eigenvalue weighted by Crippen LogP contribution is -2.35. The molecular weight excluding hydrogens is 457 g/mol. The number of nitrogens with zero attached hydrogens (tertiary/aromatic N) is 3. The standard InChI is InChI=1S/C27H30FN7O/c1-17(25(29)27(36)33-14-19-7-10-31-11-8-19)18(2)26(30)35-12-9-23-20(16-35)13-21(15-32-23)34-24-6-4-3-5-22(24)28/h3-8,10-11,13,15,34H,9,12,14,16,29-30H2,1-2H3,(H,33,36)/b25-17-,26-18+. The first-order chi connectivity index (χ1) is 17.3. The van der Waals surface area contributed by atoms with Gasteiger partial charge in [-0.1, -0.05) is 12.1 Å². The van der Waals surface area contributed by atoms with Crippen LogP contribution in [-0.4, -0.2) is 27.3 Å². The molecule has 0 saturated carbocycles. The predicted molar refractivity (Wildman–Crippen MR) is 138 cm³/mol. The van der Waals surface area contributed by atoms with E-state index >= 15 is 0 Å². The van der Waals surface area contributed by atoms with Gasteiger partial charge in [-0.15, -0.1) is 0 Å². The molecule has 1 aliphatic rings. The number of hydrogen-bond donors (Lipinski definition) is 4. The number of carbonyl (C=O) groups is 1. The summed E-state index contributed by atoms with van der Waals surface area (Å²) in [5.74, 6) is -0.131. The zero-order valence-electron chi connectivity index (χ0n) is 20.4. The molecule has 8 nitrogen and oxygen atoms in total. The highest BCUT2D eigenvalue weighted by molar-refractivity contribution is 5.93. The summed E-state index contributed by atoms with van der Waals surface area (Å²) in [6, 6.07) is 12.1. The topological polar surface area (TPSA) is 122 Å². The number of nitrogens with two attached hydrogens (primary N) is 2.